The Bertz CT molecular complexity index is 861. The summed E-state index contributed by atoms with van der Waals surface area (Å²) >= 11 is 0. The average Bonchev–Trinajstić information content (AvgIpc) is 2.97. The first-order valence-electron chi connectivity index (χ1n) is 8.89. The van der Waals surface area contributed by atoms with Crippen LogP contribution in [0.2, 0.25) is 0 Å². The van der Waals surface area contributed by atoms with E-state index >= 15 is 0 Å². The van der Waals surface area contributed by atoms with Gasteiger partial charge in [-0.3, -0.25) is 0 Å². The number of esters is 1. The first kappa shape index (κ1) is 17.9. The first-order chi connectivity index (χ1) is 12.9. The van der Waals surface area contributed by atoms with Gasteiger partial charge in [-0.2, -0.15) is 13.2 Å². The second kappa shape index (κ2) is 6.88. The molecular weight excluding hydrogens is 357 g/mol. The third-order valence-corrected chi connectivity index (χ3v) is 5.06. The summed E-state index contributed by atoms with van der Waals surface area (Å²) < 4.78 is 45.1. The Balaban J connectivity index is 1.61. The number of alkyl halides is 3. The monoisotopic (exact) mass is 376 g/mol. The molecule has 0 saturated carbocycles. The Hall–Kier alpha value is -2.54. The lowest BCUT2D eigenvalue weighted by molar-refractivity contribution is -0.138. The summed E-state index contributed by atoms with van der Waals surface area (Å²) in [5.74, 6) is -0.475. The van der Waals surface area contributed by atoms with Crippen LogP contribution in [0, 0.1) is 0 Å². The summed E-state index contributed by atoms with van der Waals surface area (Å²) in [5.41, 5.74) is 1.47. The lowest BCUT2D eigenvalue weighted by Crippen LogP contribution is -2.43. The van der Waals surface area contributed by atoms with Gasteiger partial charge in [0.1, 0.15) is 6.10 Å². The standard InChI is InChI=1S/C20H19F3N2O2/c21-20(22,23)17-4-2-1-3-13(17)11-18-15-6-5-14(12-16(15)19(26)27-18)25-9-7-24-8-10-25/h1-6,12,18,24H,7-11H2. The van der Waals surface area contributed by atoms with E-state index in [4.69, 9.17) is 4.74 Å². The maximum atomic E-state index is 13.2. The van der Waals surface area contributed by atoms with Gasteiger partial charge in [-0.1, -0.05) is 24.3 Å². The smallest absolute Gasteiger partial charge is 0.416 e. The van der Waals surface area contributed by atoms with Crippen LogP contribution in [0.1, 0.15) is 33.2 Å². The number of cyclic esters (lactones) is 1. The molecule has 2 aromatic rings. The van der Waals surface area contributed by atoms with Crippen LogP contribution in [0.25, 0.3) is 0 Å². The van der Waals surface area contributed by atoms with Crippen LogP contribution in [-0.2, 0) is 17.3 Å². The molecule has 7 heteroatoms. The molecule has 0 spiro atoms. The largest absolute Gasteiger partial charge is 0.454 e. The summed E-state index contributed by atoms with van der Waals surface area (Å²) in [7, 11) is 0. The van der Waals surface area contributed by atoms with Crippen LogP contribution in [0.4, 0.5) is 18.9 Å². The zero-order valence-electron chi connectivity index (χ0n) is 14.6. The topological polar surface area (TPSA) is 41.6 Å². The van der Waals surface area contributed by atoms with Gasteiger partial charge in [0.15, 0.2) is 0 Å². The maximum absolute atomic E-state index is 13.2. The van der Waals surface area contributed by atoms with Gasteiger partial charge < -0.3 is 15.0 Å². The molecular formula is C20H19F3N2O2. The second-order valence-corrected chi connectivity index (χ2v) is 6.76. The van der Waals surface area contributed by atoms with Gasteiger partial charge >= 0.3 is 12.1 Å². The van der Waals surface area contributed by atoms with Crippen molar-refractivity contribution in [2.45, 2.75) is 18.7 Å². The summed E-state index contributed by atoms with van der Waals surface area (Å²) in [6.07, 6.45) is -5.14. The number of piperazine rings is 1. The summed E-state index contributed by atoms with van der Waals surface area (Å²) in [5, 5.41) is 3.27. The van der Waals surface area contributed by atoms with Crippen molar-refractivity contribution < 1.29 is 22.7 Å². The highest BCUT2D eigenvalue weighted by molar-refractivity contribution is 5.95. The molecule has 2 aliphatic rings. The predicted octanol–water partition coefficient (Wildman–Crippen LogP) is 3.57. The van der Waals surface area contributed by atoms with Gasteiger partial charge in [0, 0.05) is 43.9 Å². The van der Waals surface area contributed by atoms with Gasteiger partial charge in [-0.05, 0) is 23.8 Å². The number of benzene rings is 2. The number of anilines is 1. The Morgan fingerprint density at radius 1 is 1.11 bits per heavy atom. The number of carbonyl (C=O) groups is 1. The van der Waals surface area contributed by atoms with Gasteiger partial charge in [0.05, 0.1) is 11.1 Å². The molecule has 4 nitrogen and oxygen atoms in total. The van der Waals surface area contributed by atoms with Crippen LogP contribution in [0.3, 0.4) is 0 Å². The minimum absolute atomic E-state index is 0.00139. The van der Waals surface area contributed by atoms with Crippen molar-refractivity contribution in [1.82, 2.24) is 5.32 Å². The first-order valence-corrected chi connectivity index (χ1v) is 8.89. The van der Waals surface area contributed by atoms with Gasteiger partial charge in [-0.25, -0.2) is 4.79 Å². The number of nitrogens with zero attached hydrogens (tertiary/aromatic N) is 1. The summed E-state index contributed by atoms with van der Waals surface area (Å²) in [4.78, 5) is 14.5. The zero-order valence-corrected chi connectivity index (χ0v) is 14.6. The number of nitrogens with one attached hydrogen (secondary N) is 1. The fourth-order valence-corrected chi connectivity index (χ4v) is 3.70. The van der Waals surface area contributed by atoms with Crippen molar-refractivity contribution in [1.29, 1.82) is 0 Å². The van der Waals surface area contributed by atoms with Crippen molar-refractivity contribution in [2.24, 2.45) is 0 Å². The normalized spacial score (nSPS) is 19.7. The van der Waals surface area contributed by atoms with E-state index in [2.05, 4.69) is 10.2 Å². The molecule has 142 valence electrons. The van der Waals surface area contributed by atoms with E-state index < -0.39 is 23.8 Å². The van der Waals surface area contributed by atoms with E-state index in [1.165, 1.54) is 12.1 Å². The van der Waals surface area contributed by atoms with Crippen molar-refractivity contribution in [3.63, 3.8) is 0 Å². The second-order valence-electron chi connectivity index (χ2n) is 6.76. The number of hydrogen-bond donors (Lipinski definition) is 1. The third-order valence-electron chi connectivity index (χ3n) is 5.06. The lowest BCUT2D eigenvalue weighted by Gasteiger charge is -2.29. The molecule has 2 aromatic carbocycles. The maximum Gasteiger partial charge on any atom is 0.416 e. The van der Waals surface area contributed by atoms with Crippen molar-refractivity contribution in [2.75, 3.05) is 31.1 Å². The summed E-state index contributed by atoms with van der Waals surface area (Å²) in [6, 6.07) is 10.9. The van der Waals surface area contributed by atoms with E-state index in [-0.39, 0.29) is 12.0 Å². The molecule has 0 radical (unpaired) electrons. The van der Waals surface area contributed by atoms with Crippen LogP contribution in [-0.4, -0.2) is 32.1 Å². The molecule has 1 atom stereocenters. The quantitative estimate of drug-likeness (QED) is 0.832. The average molecular weight is 376 g/mol. The molecule has 2 heterocycles. The summed E-state index contributed by atoms with van der Waals surface area (Å²) in [6.45, 7) is 3.43. The highest BCUT2D eigenvalue weighted by atomic mass is 19.4. The number of rotatable bonds is 3. The molecule has 0 aliphatic carbocycles. The van der Waals surface area contributed by atoms with Crippen molar-refractivity contribution in [3.8, 4) is 0 Å². The van der Waals surface area contributed by atoms with Gasteiger partial charge in [0.25, 0.3) is 0 Å². The number of hydrogen-bond acceptors (Lipinski definition) is 4. The number of carbonyl (C=O) groups excluding carboxylic acids is 1. The highest BCUT2D eigenvalue weighted by Gasteiger charge is 2.36. The predicted molar refractivity (Wildman–Crippen MR) is 94.8 cm³/mol. The van der Waals surface area contributed by atoms with Crippen LogP contribution in [0.15, 0.2) is 42.5 Å². The molecule has 4 rings (SSSR count). The molecule has 1 saturated heterocycles. The molecule has 1 N–H and O–H groups in total. The Morgan fingerprint density at radius 3 is 2.59 bits per heavy atom. The number of fused-ring (bicyclic) bond motifs is 1. The number of halogens is 3. The van der Waals surface area contributed by atoms with Crippen LogP contribution < -0.4 is 10.2 Å². The van der Waals surface area contributed by atoms with E-state index in [1.54, 1.807) is 18.2 Å². The Kier molecular flexibility index (Phi) is 4.55. The number of ether oxygens (including phenoxy) is 1. The van der Waals surface area contributed by atoms with Gasteiger partial charge in [-0.15, -0.1) is 0 Å². The molecule has 2 aliphatic heterocycles. The van der Waals surface area contributed by atoms with Crippen LogP contribution >= 0.6 is 0 Å². The molecule has 0 aromatic heterocycles. The Morgan fingerprint density at radius 2 is 1.85 bits per heavy atom. The van der Waals surface area contributed by atoms with E-state index in [0.29, 0.717) is 11.1 Å². The van der Waals surface area contributed by atoms with E-state index in [1.807, 2.05) is 6.07 Å². The zero-order chi connectivity index (χ0) is 19.0. The van der Waals surface area contributed by atoms with Crippen LogP contribution in [0.5, 0.6) is 0 Å². The molecule has 1 unspecified atom stereocenters. The lowest BCUT2D eigenvalue weighted by atomic mass is 9.95. The Labute approximate surface area is 154 Å². The van der Waals surface area contributed by atoms with Crippen molar-refractivity contribution in [3.05, 3.63) is 64.7 Å². The SMILES string of the molecule is O=C1OC(Cc2ccccc2C(F)(F)F)c2ccc(N3CCNCC3)cc21. The minimum Gasteiger partial charge on any atom is -0.454 e. The third kappa shape index (κ3) is 3.51. The molecule has 1 fully saturated rings. The van der Waals surface area contributed by atoms with Crippen molar-refractivity contribution >= 4 is 11.7 Å². The highest BCUT2D eigenvalue weighted by Crippen LogP contribution is 2.38. The van der Waals surface area contributed by atoms with E-state index in [0.717, 1.165) is 37.9 Å². The van der Waals surface area contributed by atoms with E-state index in [9.17, 15) is 18.0 Å². The molecule has 27 heavy (non-hydrogen) atoms. The molecule has 0 amide bonds. The molecule has 0 bridgehead atoms. The fraction of sp³-hybridized carbons (Fsp3) is 0.350. The fourth-order valence-electron chi connectivity index (χ4n) is 3.70. The minimum atomic E-state index is -4.44. The van der Waals surface area contributed by atoms with Gasteiger partial charge in [0.2, 0.25) is 0 Å².